The maximum absolute atomic E-state index is 12.7. The lowest BCUT2D eigenvalue weighted by atomic mass is 10.2. The maximum Gasteiger partial charge on any atom is 0.411 e. The molecule has 1 saturated heterocycles. The van der Waals surface area contributed by atoms with Crippen LogP contribution in [0.25, 0.3) is 0 Å². The molecule has 128 valence electrons. The molecule has 8 heteroatoms. The molecule has 0 aromatic heterocycles. The Labute approximate surface area is 136 Å². The van der Waals surface area contributed by atoms with E-state index in [1.807, 2.05) is 0 Å². The van der Waals surface area contributed by atoms with Crippen molar-refractivity contribution in [3.63, 3.8) is 0 Å². The summed E-state index contributed by atoms with van der Waals surface area (Å²) < 4.78 is 36.8. The van der Waals surface area contributed by atoms with Crippen LogP contribution >= 0.6 is 0 Å². The van der Waals surface area contributed by atoms with Gasteiger partial charge in [-0.05, 0) is 38.0 Å². The first-order valence-electron chi connectivity index (χ1n) is 7.61. The van der Waals surface area contributed by atoms with Crippen molar-refractivity contribution in [1.82, 2.24) is 4.31 Å². The second kappa shape index (κ2) is 7.65. The molecule has 0 bridgehead atoms. The molecule has 0 atom stereocenters. The number of anilines is 1. The van der Waals surface area contributed by atoms with Crippen LogP contribution in [0.15, 0.2) is 23.1 Å². The Morgan fingerprint density at radius 2 is 1.96 bits per heavy atom. The SMILES string of the molecule is CCOC(=O)Nc1cc(S(=O)(=O)N2CCCCC2)ccc1OC. The number of sulfonamides is 1. The molecule has 2 rings (SSSR count). The van der Waals surface area contributed by atoms with E-state index in [1.165, 1.54) is 29.6 Å². The van der Waals surface area contributed by atoms with Crippen molar-refractivity contribution in [2.45, 2.75) is 31.1 Å². The molecule has 1 heterocycles. The van der Waals surface area contributed by atoms with E-state index in [0.29, 0.717) is 18.8 Å². The van der Waals surface area contributed by atoms with Gasteiger partial charge in [0.1, 0.15) is 5.75 Å². The molecule has 0 aliphatic carbocycles. The van der Waals surface area contributed by atoms with E-state index in [0.717, 1.165) is 19.3 Å². The Morgan fingerprint density at radius 1 is 1.26 bits per heavy atom. The number of carbonyl (C=O) groups is 1. The molecule has 1 fully saturated rings. The Kier molecular flexibility index (Phi) is 5.84. The van der Waals surface area contributed by atoms with Gasteiger partial charge in [-0.1, -0.05) is 6.42 Å². The molecular weight excluding hydrogens is 320 g/mol. The van der Waals surface area contributed by atoms with Crippen molar-refractivity contribution >= 4 is 21.8 Å². The number of ether oxygens (including phenoxy) is 2. The first-order valence-corrected chi connectivity index (χ1v) is 9.05. The fourth-order valence-corrected chi connectivity index (χ4v) is 4.02. The lowest BCUT2D eigenvalue weighted by Gasteiger charge is -2.26. The van der Waals surface area contributed by atoms with E-state index in [9.17, 15) is 13.2 Å². The van der Waals surface area contributed by atoms with Crippen molar-refractivity contribution in [2.75, 3.05) is 32.1 Å². The molecule has 1 N–H and O–H groups in total. The third kappa shape index (κ3) is 4.14. The summed E-state index contributed by atoms with van der Waals surface area (Å²) in [6.07, 6.45) is 2.12. The third-order valence-corrected chi connectivity index (χ3v) is 5.53. The van der Waals surface area contributed by atoms with Crippen LogP contribution in [0.4, 0.5) is 10.5 Å². The fraction of sp³-hybridized carbons (Fsp3) is 0.533. The number of hydrogen-bond donors (Lipinski definition) is 1. The van der Waals surface area contributed by atoms with Gasteiger partial charge in [-0.15, -0.1) is 0 Å². The number of carbonyl (C=O) groups excluding carboxylic acids is 1. The third-order valence-electron chi connectivity index (χ3n) is 3.64. The second-order valence-corrected chi connectivity index (χ2v) is 7.11. The predicted molar refractivity (Wildman–Crippen MR) is 86.2 cm³/mol. The molecule has 7 nitrogen and oxygen atoms in total. The summed E-state index contributed by atoms with van der Waals surface area (Å²) in [4.78, 5) is 11.7. The Morgan fingerprint density at radius 3 is 2.57 bits per heavy atom. The number of methoxy groups -OCH3 is 1. The zero-order chi connectivity index (χ0) is 16.9. The normalized spacial score (nSPS) is 15.9. The molecule has 0 radical (unpaired) electrons. The van der Waals surface area contributed by atoms with Crippen LogP contribution in [0, 0.1) is 0 Å². The second-order valence-electron chi connectivity index (χ2n) is 5.17. The summed E-state index contributed by atoms with van der Waals surface area (Å²) >= 11 is 0. The summed E-state index contributed by atoms with van der Waals surface area (Å²) in [6.45, 7) is 2.96. The highest BCUT2D eigenvalue weighted by molar-refractivity contribution is 7.89. The van der Waals surface area contributed by atoms with Gasteiger partial charge in [0.2, 0.25) is 10.0 Å². The van der Waals surface area contributed by atoms with Crippen LogP contribution in [0.5, 0.6) is 5.75 Å². The van der Waals surface area contributed by atoms with E-state index in [4.69, 9.17) is 9.47 Å². The molecule has 1 aliphatic heterocycles. The van der Waals surface area contributed by atoms with Crippen LogP contribution in [0.3, 0.4) is 0 Å². The van der Waals surface area contributed by atoms with Crippen LogP contribution in [-0.2, 0) is 14.8 Å². The average molecular weight is 342 g/mol. The van der Waals surface area contributed by atoms with Gasteiger partial charge in [0.25, 0.3) is 0 Å². The first-order chi connectivity index (χ1) is 11.0. The van der Waals surface area contributed by atoms with Crippen LogP contribution in [-0.4, -0.2) is 45.6 Å². The van der Waals surface area contributed by atoms with Gasteiger partial charge in [-0.25, -0.2) is 13.2 Å². The number of nitrogens with one attached hydrogen (secondary N) is 1. The predicted octanol–water partition coefficient (Wildman–Crippen LogP) is 2.44. The van der Waals surface area contributed by atoms with Gasteiger partial charge in [-0.3, -0.25) is 5.32 Å². The molecule has 1 aliphatic rings. The lowest BCUT2D eigenvalue weighted by Crippen LogP contribution is -2.35. The number of nitrogens with zero attached hydrogens (tertiary/aromatic N) is 1. The summed E-state index contributed by atoms with van der Waals surface area (Å²) in [5.74, 6) is 0.371. The highest BCUT2D eigenvalue weighted by Gasteiger charge is 2.27. The van der Waals surface area contributed by atoms with Gasteiger partial charge in [-0.2, -0.15) is 4.31 Å². The Balaban J connectivity index is 2.30. The van der Waals surface area contributed by atoms with Crippen molar-refractivity contribution in [1.29, 1.82) is 0 Å². The molecule has 1 aromatic rings. The lowest BCUT2D eigenvalue weighted by molar-refractivity contribution is 0.168. The van der Waals surface area contributed by atoms with E-state index < -0.39 is 16.1 Å². The van der Waals surface area contributed by atoms with Crippen molar-refractivity contribution in [3.8, 4) is 5.75 Å². The average Bonchev–Trinajstić information content (AvgIpc) is 2.55. The number of benzene rings is 1. The summed E-state index contributed by atoms with van der Waals surface area (Å²) in [5.41, 5.74) is 0.268. The minimum atomic E-state index is -3.57. The minimum Gasteiger partial charge on any atom is -0.495 e. The highest BCUT2D eigenvalue weighted by Crippen LogP contribution is 2.30. The smallest absolute Gasteiger partial charge is 0.411 e. The Hall–Kier alpha value is -1.80. The van der Waals surface area contributed by atoms with Crippen molar-refractivity contribution < 1.29 is 22.7 Å². The highest BCUT2D eigenvalue weighted by atomic mass is 32.2. The summed E-state index contributed by atoms with van der Waals surface area (Å²) in [7, 11) is -2.12. The quantitative estimate of drug-likeness (QED) is 0.888. The van der Waals surface area contributed by atoms with E-state index in [-0.39, 0.29) is 17.2 Å². The minimum absolute atomic E-state index is 0.131. The topological polar surface area (TPSA) is 84.9 Å². The van der Waals surface area contributed by atoms with Crippen LogP contribution < -0.4 is 10.1 Å². The fourth-order valence-electron chi connectivity index (χ4n) is 2.48. The molecular formula is C15H22N2O5S. The molecule has 23 heavy (non-hydrogen) atoms. The number of piperidine rings is 1. The van der Waals surface area contributed by atoms with Gasteiger partial charge in [0, 0.05) is 13.1 Å². The maximum atomic E-state index is 12.7. The molecule has 0 unspecified atom stereocenters. The summed E-state index contributed by atoms with van der Waals surface area (Å²) in [5, 5.41) is 2.51. The van der Waals surface area contributed by atoms with Gasteiger partial charge in [0.05, 0.1) is 24.3 Å². The van der Waals surface area contributed by atoms with E-state index in [1.54, 1.807) is 6.92 Å². The first kappa shape index (κ1) is 17.6. The standard InChI is InChI=1S/C15H22N2O5S/c1-3-22-15(18)16-13-11-12(7-8-14(13)21-2)23(19,20)17-9-5-4-6-10-17/h7-8,11H,3-6,9-10H2,1-2H3,(H,16,18). The van der Waals surface area contributed by atoms with Gasteiger partial charge >= 0.3 is 6.09 Å². The zero-order valence-corrected chi connectivity index (χ0v) is 14.2. The van der Waals surface area contributed by atoms with Crippen molar-refractivity contribution in [2.24, 2.45) is 0 Å². The van der Waals surface area contributed by atoms with Crippen molar-refractivity contribution in [3.05, 3.63) is 18.2 Å². The van der Waals surface area contributed by atoms with E-state index >= 15 is 0 Å². The van der Waals surface area contributed by atoms with Crippen LogP contribution in [0.2, 0.25) is 0 Å². The summed E-state index contributed by atoms with van der Waals surface area (Å²) in [6, 6.07) is 4.41. The molecule has 1 amide bonds. The number of amides is 1. The Bertz CT molecular complexity index is 654. The van der Waals surface area contributed by atoms with Gasteiger partial charge in [0.15, 0.2) is 0 Å². The number of hydrogen-bond acceptors (Lipinski definition) is 5. The molecule has 0 saturated carbocycles. The monoisotopic (exact) mass is 342 g/mol. The van der Waals surface area contributed by atoms with Gasteiger partial charge < -0.3 is 9.47 Å². The zero-order valence-electron chi connectivity index (χ0n) is 13.4. The largest absolute Gasteiger partial charge is 0.495 e. The van der Waals surface area contributed by atoms with E-state index in [2.05, 4.69) is 5.32 Å². The van der Waals surface area contributed by atoms with Crippen LogP contribution in [0.1, 0.15) is 26.2 Å². The number of rotatable bonds is 5. The molecule has 1 aromatic carbocycles. The molecule has 0 spiro atoms.